The molecule has 0 aromatic heterocycles. The van der Waals surface area contributed by atoms with Gasteiger partial charge in [0.15, 0.2) is 0 Å². The molecular formula is C28H44FN3O3S2. The predicted molar refractivity (Wildman–Crippen MR) is 158 cm³/mol. The van der Waals surface area contributed by atoms with Gasteiger partial charge in [0.2, 0.25) is 5.91 Å². The number of hydrogen-bond acceptors (Lipinski definition) is 5. The number of thiol groups is 1. The van der Waals surface area contributed by atoms with Crippen molar-refractivity contribution in [1.29, 1.82) is 0 Å². The normalized spacial score (nSPS) is 15.9. The first-order valence-electron chi connectivity index (χ1n) is 13.8. The summed E-state index contributed by atoms with van der Waals surface area (Å²) in [7, 11) is 1.65. The van der Waals surface area contributed by atoms with Gasteiger partial charge in [-0.15, -0.1) is 0 Å². The number of nitrogens with one attached hydrogen (secondary N) is 1. The summed E-state index contributed by atoms with van der Waals surface area (Å²) < 4.78 is 19.8. The third-order valence-electron chi connectivity index (χ3n) is 6.79. The van der Waals surface area contributed by atoms with Gasteiger partial charge in [-0.05, 0) is 24.6 Å². The van der Waals surface area contributed by atoms with E-state index in [1.165, 1.54) is 85.6 Å². The summed E-state index contributed by atoms with van der Waals surface area (Å²) in [4.78, 5) is 27.6. The quantitative estimate of drug-likeness (QED) is 0.109. The van der Waals surface area contributed by atoms with Crippen LogP contribution in [0.2, 0.25) is 0 Å². The van der Waals surface area contributed by atoms with E-state index in [0.29, 0.717) is 11.4 Å². The van der Waals surface area contributed by atoms with Crippen LogP contribution >= 0.6 is 24.8 Å². The van der Waals surface area contributed by atoms with Crippen molar-refractivity contribution in [2.75, 3.05) is 29.9 Å². The van der Waals surface area contributed by atoms with Gasteiger partial charge < -0.3 is 15.0 Å². The zero-order valence-electron chi connectivity index (χ0n) is 22.4. The zero-order chi connectivity index (χ0) is 27.0. The van der Waals surface area contributed by atoms with Gasteiger partial charge in [0.25, 0.3) is 0 Å². The summed E-state index contributed by atoms with van der Waals surface area (Å²) in [5, 5.41) is 2.46. The lowest BCUT2D eigenvalue weighted by molar-refractivity contribution is -0.121. The summed E-state index contributed by atoms with van der Waals surface area (Å²) in [5.74, 6) is -0.638. The van der Waals surface area contributed by atoms with E-state index in [9.17, 15) is 14.0 Å². The molecule has 9 heteroatoms. The maximum absolute atomic E-state index is 14.4. The number of anilines is 2. The fraction of sp³-hybridized carbons (Fsp3) is 0.679. The zero-order valence-corrected chi connectivity index (χ0v) is 24.1. The SMILES string of the molecule is CCCCCCCCCCCCCCC(S)C(=O)NC[C@H]1CN(c2ccc(N(C)C=S)c(F)c2)C(=O)O1. The van der Waals surface area contributed by atoms with Crippen LogP contribution < -0.4 is 15.1 Å². The Labute approximate surface area is 233 Å². The van der Waals surface area contributed by atoms with Crippen molar-refractivity contribution in [3.8, 4) is 0 Å². The summed E-state index contributed by atoms with van der Waals surface area (Å²) in [6.45, 7) is 2.68. The molecule has 1 heterocycles. The topological polar surface area (TPSA) is 61.9 Å². The number of cyclic esters (lactones) is 1. The summed E-state index contributed by atoms with van der Waals surface area (Å²) in [5.41, 5.74) is 2.06. The van der Waals surface area contributed by atoms with Crippen LogP contribution in [0.4, 0.5) is 20.6 Å². The number of nitrogens with zero attached hydrogens (tertiary/aromatic N) is 2. The highest BCUT2D eigenvalue weighted by Gasteiger charge is 2.33. The smallest absolute Gasteiger partial charge is 0.414 e. The number of benzene rings is 1. The number of carbonyl (C=O) groups excluding carboxylic acids is 2. The average Bonchev–Trinajstić information content (AvgIpc) is 3.27. The summed E-state index contributed by atoms with van der Waals surface area (Å²) in [6, 6.07) is 4.50. The Morgan fingerprint density at radius 2 is 1.76 bits per heavy atom. The lowest BCUT2D eigenvalue weighted by Crippen LogP contribution is -2.38. The molecule has 208 valence electrons. The largest absolute Gasteiger partial charge is 0.442 e. The standard InChI is InChI=1S/C28H44FN3O3S2/c1-3-4-5-6-7-8-9-10-11-12-13-14-15-26(37)27(33)30-19-23-20-32(28(34)35-23)22-16-17-25(24(29)18-22)31(2)21-36/h16-18,21,23,26,37H,3-15,19-20H2,1-2H3,(H,30,33)/t23-,26?/m0/s1. The average molecular weight is 554 g/mol. The first-order chi connectivity index (χ1) is 17.9. The molecule has 2 amide bonds. The maximum Gasteiger partial charge on any atom is 0.414 e. The molecule has 2 atom stereocenters. The predicted octanol–water partition coefficient (Wildman–Crippen LogP) is 7.05. The van der Waals surface area contributed by atoms with E-state index < -0.39 is 18.0 Å². The lowest BCUT2D eigenvalue weighted by Gasteiger charge is -2.17. The number of hydrogen-bond donors (Lipinski definition) is 2. The van der Waals surface area contributed by atoms with Crippen LogP contribution in [-0.2, 0) is 9.53 Å². The Morgan fingerprint density at radius 3 is 2.32 bits per heavy atom. The second-order valence-corrected chi connectivity index (χ2v) is 10.7. The molecule has 0 bridgehead atoms. The number of halogens is 1. The minimum absolute atomic E-state index is 0.153. The van der Waals surface area contributed by atoms with E-state index in [2.05, 4.69) is 24.9 Å². The Balaban J connectivity index is 1.59. The Hall–Kier alpha value is -1.87. The first-order valence-corrected chi connectivity index (χ1v) is 14.8. The fourth-order valence-corrected chi connectivity index (χ4v) is 4.87. The van der Waals surface area contributed by atoms with Gasteiger partial charge in [0.05, 0.1) is 35.2 Å². The van der Waals surface area contributed by atoms with Crippen molar-refractivity contribution >= 4 is 53.7 Å². The first kappa shape index (κ1) is 31.3. The second kappa shape index (κ2) is 17.6. The minimum atomic E-state index is -0.562. The molecule has 1 aliphatic heterocycles. The molecular weight excluding hydrogens is 509 g/mol. The van der Waals surface area contributed by atoms with Crippen LogP contribution in [0.25, 0.3) is 0 Å². The minimum Gasteiger partial charge on any atom is -0.442 e. The number of unbranched alkanes of at least 4 members (excludes halogenated alkanes) is 11. The number of rotatable bonds is 19. The van der Waals surface area contributed by atoms with Crippen LogP contribution in [0.15, 0.2) is 18.2 Å². The van der Waals surface area contributed by atoms with Gasteiger partial charge in [0.1, 0.15) is 11.9 Å². The molecule has 2 rings (SSSR count). The summed E-state index contributed by atoms with van der Waals surface area (Å²) in [6.07, 6.45) is 15.0. The number of thiocarbonyl (C=S) groups is 1. The molecule has 1 fully saturated rings. The highest BCUT2D eigenvalue weighted by atomic mass is 32.1. The van der Waals surface area contributed by atoms with E-state index in [4.69, 9.17) is 17.0 Å². The highest BCUT2D eigenvalue weighted by Crippen LogP contribution is 2.27. The van der Waals surface area contributed by atoms with Crippen molar-refractivity contribution in [2.24, 2.45) is 0 Å². The third-order valence-corrected chi connectivity index (χ3v) is 7.60. The fourth-order valence-electron chi connectivity index (χ4n) is 4.49. The number of carbonyl (C=O) groups is 2. The Bertz CT molecular complexity index is 858. The molecule has 37 heavy (non-hydrogen) atoms. The van der Waals surface area contributed by atoms with Gasteiger partial charge >= 0.3 is 6.09 Å². The number of amides is 2. The lowest BCUT2D eigenvalue weighted by atomic mass is 10.0. The van der Waals surface area contributed by atoms with Crippen LogP contribution in [0, 0.1) is 5.82 Å². The van der Waals surface area contributed by atoms with Crippen molar-refractivity contribution < 1.29 is 18.7 Å². The van der Waals surface area contributed by atoms with Crippen LogP contribution in [0.1, 0.15) is 90.4 Å². The highest BCUT2D eigenvalue weighted by molar-refractivity contribution is 7.81. The van der Waals surface area contributed by atoms with E-state index >= 15 is 0 Å². The monoisotopic (exact) mass is 553 g/mol. The van der Waals surface area contributed by atoms with Crippen LogP contribution in [-0.4, -0.2) is 49.0 Å². The molecule has 1 aromatic carbocycles. The van der Waals surface area contributed by atoms with E-state index in [1.807, 2.05) is 0 Å². The summed E-state index contributed by atoms with van der Waals surface area (Å²) >= 11 is 9.29. The molecule has 1 saturated heterocycles. The molecule has 1 aliphatic rings. The van der Waals surface area contributed by atoms with E-state index in [0.717, 1.165) is 19.3 Å². The molecule has 0 radical (unpaired) electrons. The maximum atomic E-state index is 14.4. The molecule has 0 spiro atoms. The molecule has 1 N–H and O–H groups in total. The van der Waals surface area contributed by atoms with Gasteiger partial charge in [-0.3, -0.25) is 9.69 Å². The Kier molecular flexibility index (Phi) is 14.9. The third kappa shape index (κ3) is 11.2. The van der Waals surface area contributed by atoms with Crippen LogP contribution in [0.3, 0.4) is 0 Å². The molecule has 1 aromatic rings. The van der Waals surface area contributed by atoms with Crippen molar-refractivity contribution in [1.82, 2.24) is 5.32 Å². The number of ether oxygens (including phenoxy) is 1. The van der Waals surface area contributed by atoms with Gasteiger partial charge in [-0.1, -0.05) is 96.2 Å². The van der Waals surface area contributed by atoms with Gasteiger partial charge in [-0.2, -0.15) is 12.6 Å². The van der Waals surface area contributed by atoms with Crippen molar-refractivity contribution in [2.45, 2.75) is 102 Å². The second-order valence-electron chi connectivity index (χ2n) is 9.91. The van der Waals surface area contributed by atoms with Gasteiger partial charge in [-0.25, -0.2) is 9.18 Å². The van der Waals surface area contributed by atoms with Gasteiger partial charge in [0, 0.05) is 7.05 Å². The molecule has 1 unspecified atom stereocenters. The van der Waals surface area contributed by atoms with Crippen LogP contribution in [0.5, 0.6) is 0 Å². The van der Waals surface area contributed by atoms with Crippen molar-refractivity contribution in [3.63, 3.8) is 0 Å². The van der Waals surface area contributed by atoms with E-state index in [1.54, 1.807) is 19.2 Å². The van der Waals surface area contributed by atoms with E-state index in [-0.39, 0.29) is 24.2 Å². The molecule has 6 nitrogen and oxygen atoms in total. The van der Waals surface area contributed by atoms with Crippen molar-refractivity contribution in [3.05, 3.63) is 24.0 Å². The molecule has 0 aliphatic carbocycles. The Morgan fingerprint density at radius 1 is 1.16 bits per heavy atom. The molecule has 0 saturated carbocycles.